The van der Waals surface area contributed by atoms with Gasteiger partial charge in [-0.1, -0.05) is 54.6 Å². The van der Waals surface area contributed by atoms with Crippen molar-refractivity contribution >= 4 is 21.5 Å². The predicted octanol–water partition coefficient (Wildman–Crippen LogP) is 4.53. The molecule has 2 heterocycles. The summed E-state index contributed by atoms with van der Waals surface area (Å²) in [4.78, 5) is -0.0277. The van der Waals surface area contributed by atoms with Gasteiger partial charge in [0.2, 0.25) is 5.88 Å². The number of fused-ring (bicyclic) bond motifs is 2. The van der Waals surface area contributed by atoms with E-state index in [1.54, 1.807) is 42.5 Å². The molecular weight excluding hydrogens is 462 g/mol. The first-order chi connectivity index (χ1) is 16.9. The fraction of sp³-hybridized carbons (Fsp3) is 0.148. The molecule has 0 aromatic heterocycles. The summed E-state index contributed by atoms with van der Waals surface area (Å²) < 4.78 is 41.5. The number of nitriles is 1. The van der Waals surface area contributed by atoms with E-state index in [1.165, 1.54) is 11.4 Å². The fourth-order valence-corrected chi connectivity index (χ4v) is 6.53. The van der Waals surface area contributed by atoms with Gasteiger partial charge in [0, 0.05) is 11.1 Å². The summed E-state index contributed by atoms with van der Waals surface area (Å²) in [6.45, 7) is 2.07. The van der Waals surface area contributed by atoms with Crippen LogP contribution in [0.15, 0.2) is 89.2 Å². The van der Waals surface area contributed by atoms with Gasteiger partial charge in [-0.3, -0.25) is 4.31 Å². The largest absolute Gasteiger partial charge is 0.496 e. The molecule has 0 saturated heterocycles. The maximum Gasteiger partial charge on any atom is 0.265 e. The average molecular weight is 486 g/mol. The second-order valence-corrected chi connectivity index (χ2v) is 10.1. The standard InChI is InChI=1S/C27H23N3O4S/c1-17-9-3-4-10-18(17)16-30-22-13-7-5-11-19(22)25-26(35(30,31)32)24(21(15-28)27(29)34-25)20-12-6-8-14-23(20)33-2/h3-14,24H,16,29H2,1-2H3/t24-/m0/s1. The van der Waals surface area contributed by atoms with E-state index in [9.17, 15) is 13.7 Å². The molecule has 0 amide bonds. The molecule has 0 radical (unpaired) electrons. The fourth-order valence-electron chi connectivity index (χ4n) is 4.64. The number of hydrogen-bond donors (Lipinski definition) is 1. The van der Waals surface area contributed by atoms with Crippen molar-refractivity contribution in [1.29, 1.82) is 5.26 Å². The van der Waals surface area contributed by atoms with E-state index in [1.807, 2.05) is 37.3 Å². The molecule has 0 spiro atoms. The SMILES string of the molecule is COc1ccccc1[C@H]1C(C#N)=C(N)OC2=C1S(=O)(=O)N(Cc1ccccc1C)c1ccccc12. The van der Waals surface area contributed by atoms with Crippen LogP contribution in [0.2, 0.25) is 0 Å². The van der Waals surface area contributed by atoms with Crippen LogP contribution in [0.3, 0.4) is 0 Å². The number of sulfonamides is 1. The summed E-state index contributed by atoms with van der Waals surface area (Å²) >= 11 is 0. The second-order valence-electron chi connectivity index (χ2n) is 8.32. The third-order valence-corrected chi connectivity index (χ3v) is 8.27. The van der Waals surface area contributed by atoms with Crippen molar-refractivity contribution < 1.29 is 17.9 Å². The molecule has 5 rings (SSSR count). The maximum atomic E-state index is 14.4. The maximum absolute atomic E-state index is 14.4. The zero-order valence-electron chi connectivity index (χ0n) is 19.2. The summed E-state index contributed by atoms with van der Waals surface area (Å²) in [5.41, 5.74) is 9.65. The van der Waals surface area contributed by atoms with Crippen molar-refractivity contribution in [2.24, 2.45) is 5.73 Å². The van der Waals surface area contributed by atoms with Gasteiger partial charge in [-0.15, -0.1) is 0 Å². The molecule has 2 N–H and O–H groups in total. The first-order valence-corrected chi connectivity index (χ1v) is 12.4. The molecule has 0 fully saturated rings. The van der Waals surface area contributed by atoms with Crippen LogP contribution in [0, 0.1) is 18.3 Å². The van der Waals surface area contributed by atoms with Gasteiger partial charge in [0.05, 0.1) is 25.3 Å². The number of nitrogens with zero attached hydrogens (tertiary/aromatic N) is 2. The topological polar surface area (TPSA) is 106 Å². The number of hydrogen-bond acceptors (Lipinski definition) is 6. The lowest BCUT2D eigenvalue weighted by Crippen LogP contribution is -2.39. The number of aryl methyl sites for hydroxylation is 1. The minimum absolute atomic E-state index is 0.0204. The van der Waals surface area contributed by atoms with Crippen LogP contribution in [0.5, 0.6) is 5.75 Å². The third kappa shape index (κ3) is 3.52. The second kappa shape index (κ2) is 8.53. The first kappa shape index (κ1) is 22.6. The highest BCUT2D eigenvalue weighted by Crippen LogP contribution is 2.52. The summed E-state index contributed by atoms with van der Waals surface area (Å²) in [6, 6.07) is 23.9. The molecular formula is C27H23N3O4S. The van der Waals surface area contributed by atoms with E-state index < -0.39 is 15.9 Å². The molecule has 0 bridgehead atoms. The Morgan fingerprint density at radius 1 is 1.06 bits per heavy atom. The zero-order valence-corrected chi connectivity index (χ0v) is 20.0. The Morgan fingerprint density at radius 3 is 2.49 bits per heavy atom. The van der Waals surface area contributed by atoms with Crippen molar-refractivity contribution in [1.82, 2.24) is 0 Å². The van der Waals surface area contributed by atoms with Gasteiger partial charge in [0.1, 0.15) is 22.3 Å². The van der Waals surface area contributed by atoms with Gasteiger partial charge in [-0.25, -0.2) is 8.42 Å². The molecule has 0 aliphatic carbocycles. The highest BCUT2D eigenvalue weighted by atomic mass is 32.2. The van der Waals surface area contributed by atoms with E-state index in [2.05, 4.69) is 6.07 Å². The highest BCUT2D eigenvalue weighted by molar-refractivity contribution is 7.96. The molecule has 2 aliphatic heterocycles. The highest BCUT2D eigenvalue weighted by Gasteiger charge is 2.47. The van der Waals surface area contributed by atoms with Crippen molar-refractivity contribution in [2.45, 2.75) is 19.4 Å². The van der Waals surface area contributed by atoms with Crippen LogP contribution in [0.4, 0.5) is 5.69 Å². The lowest BCUT2D eigenvalue weighted by Gasteiger charge is -2.38. The van der Waals surface area contributed by atoms with Crippen LogP contribution in [0.1, 0.15) is 28.2 Å². The number of allylic oxidation sites excluding steroid dienone is 2. The van der Waals surface area contributed by atoms with Crippen LogP contribution in [-0.2, 0) is 21.3 Å². The summed E-state index contributed by atoms with van der Waals surface area (Å²) in [5, 5.41) is 10.0. The molecule has 0 unspecified atom stereocenters. The van der Waals surface area contributed by atoms with Crippen LogP contribution < -0.4 is 14.8 Å². The number of methoxy groups -OCH3 is 1. The van der Waals surface area contributed by atoms with E-state index in [4.69, 9.17) is 15.2 Å². The van der Waals surface area contributed by atoms with Gasteiger partial charge in [0.15, 0.2) is 5.76 Å². The van der Waals surface area contributed by atoms with Crippen LogP contribution in [-0.4, -0.2) is 15.5 Å². The molecule has 3 aromatic rings. The summed E-state index contributed by atoms with van der Waals surface area (Å²) in [6.07, 6.45) is 0. The Balaban J connectivity index is 1.79. The minimum atomic E-state index is -4.15. The van der Waals surface area contributed by atoms with Gasteiger partial charge in [0.25, 0.3) is 10.0 Å². The van der Waals surface area contributed by atoms with Gasteiger partial charge >= 0.3 is 0 Å². The lowest BCUT2D eigenvalue weighted by molar-refractivity contribution is 0.355. The number of para-hydroxylation sites is 2. The van der Waals surface area contributed by atoms with Crippen molar-refractivity contribution in [2.75, 3.05) is 11.4 Å². The van der Waals surface area contributed by atoms with Crippen molar-refractivity contribution in [3.8, 4) is 11.8 Å². The van der Waals surface area contributed by atoms with E-state index in [-0.39, 0.29) is 28.7 Å². The van der Waals surface area contributed by atoms with Crippen molar-refractivity contribution in [3.63, 3.8) is 0 Å². The third-order valence-electron chi connectivity index (χ3n) is 6.38. The summed E-state index contributed by atoms with van der Waals surface area (Å²) in [7, 11) is -2.65. The minimum Gasteiger partial charge on any atom is -0.496 e. The number of rotatable bonds is 4. The molecule has 2 aliphatic rings. The molecule has 3 aromatic carbocycles. The van der Waals surface area contributed by atoms with Gasteiger partial charge < -0.3 is 15.2 Å². The smallest absolute Gasteiger partial charge is 0.265 e. The Morgan fingerprint density at radius 2 is 1.74 bits per heavy atom. The van der Waals surface area contributed by atoms with E-state index in [0.29, 0.717) is 22.6 Å². The number of nitrogens with two attached hydrogens (primary N) is 1. The van der Waals surface area contributed by atoms with Gasteiger partial charge in [-0.05, 0) is 36.2 Å². The molecule has 35 heavy (non-hydrogen) atoms. The van der Waals surface area contributed by atoms with Crippen molar-refractivity contribution in [3.05, 3.63) is 111 Å². The number of benzene rings is 3. The Kier molecular flexibility index (Phi) is 5.50. The first-order valence-electron chi connectivity index (χ1n) is 11.0. The average Bonchev–Trinajstić information content (AvgIpc) is 2.86. The Hall–Kier alpha value is -4.22. The van der Waals surface area contributed by atoms with Gasteiger partial charge in [-0.2, -0.15) is 5.26 Å². The zero-order chi connectivity index (χ0) is 24.7. The predicted molar refractivity (Wildman–Crippen MR) is 133 cm³/mol. The molecule has 176 valence electrons. The molecule has 7 nitrogen and oxygen atoms in total. The normalized spacial score (nSPS) is 18.3. The monoisotopic (exact) mass is 485 g/mol. The molecule has 0 saturated carbocycles. The molecule has 1 atom stereocenters. The van der Waals surface area contributed by atoms with Crippen LogP contribution >= 0.6 is 0 Å². The lowest BCUT2D eigenvalue weighted by atomic mass is 9.87. The summed E-state index contributed by atoms with van der Waals surface area (Å²) in [5.74, 6) is -0.530. The quantitative estimate of drug-likeness (QED) is 0.582. The number of anilines is 1. The van der Waals surface area contributed by atoms with E-state index in [0.717, 1.165) is 11.1 Å². The van der Waals surface area contributed by atoms with Crippen LogP contribution in [0.25, 0.3) is 5.76 Å². The van der Waals surface area contributed by atoms with E-state index >= 15 is 0 Å². The molecule has 8 heteroatoms. The Bertz CT molecular complexity index is 1550. The number of ether oxygens (including phenoxy) is 2. The Labute approximate surface area is 204 Å².